The van der Waals surface area contributed by atoms with Gasteiger partial charge in [0.1, 0.15) is 5.82 Å². The van der Waals surface area contributed by atoms with Gasteiger partial charge in [-0.1, -0.05) is 31.4 Å². The first-order chi connectivity index (χ1) is 11.8. The number of nitrogens with zero attached hydrogens (tertiary/aromatic N) is 3. The molecular weight excluding hydrogens is 301 g/mol. The molecule has 1 aliphatic heterocycles. The van der Waals surface area contributed by atoms with E-state index in [4.69, 9.17) is 0 Å². The van der Waals surface area contributed by atoms with Crippen molar-refractivity contribution < 1.29 is 4.39 Å². The molecule has 1 aliphatic carbocycles. The maximum atomic E-state index is 13.3. The lowest BCUT2D eigenvalue weighted by molar-refractivity contribution is 0.136. The van der Waals surface area contributed by atoms with Crippen molar-refractivity contribution >= 4 is 0 Å². The van der Waals surface area contributed by atoms with E-state index in [1.807, 2.05) is 24.7 Å². The van der Waals surface area contributed by atoms with Crippen molar-refractivity contribution in [3.05, 3.63) is 53.9 Å². The zero-order valence-corrected chi connectivity index (χ0v) is 14.2. The molecule has 1 saturated heterocycles. The Balaban J connectivity index is 1.53. The molecule has 1 aromatic heterocycles. The summed E-state index contributed by atoms with van der Waals surface area (Å²) in [5.41, 5.74) is 2.57. The van der Waals surface area contributed by atoms with E-state index < -0.39 is 0 Å². The number of likely N-dealkylation sites (tertiary alicyclic amines) is 1. The van der Waals surface area contributed by atoms with Crippen LogP contribution in [0.25, 0.3) is 0 Å². The molecular formula is C20H26FN3. The van der Waals surface area contributed by atoms with Crippen LogP contribution in [0.4, 0.5) is 4.39 Å². The Morgan fingerprint density at radius 1 is 1.00 bits per heavy atom. The van der Waals surface area contributed by atoms with Crippen molar-refractivity contribution in [3.8, 4) is 0 Å². The van der Waals surface area contributed by atoms with Crippen molar-refractivity contribution in [1.82, 2.24) is 14.5 Å². The quantitative estimate of drug-likeness (QED) is 0.799. The van der Waals surface area contributed by atoms with E-state index in [0.29, 0.717) is 12.1 Å². The number of rotatable bonds is 4. The summed E-state index contributed by atoms with van der Waals surface area (Å²) in [5, 5.41) is 0. The summed E-state index contributed by atoms with van der Waals surface area (Å²) in [6.45, 7) is 2.05. The van der Waals surface area contributed by atoms with Crippen LogP contribution < -0.4 is 0 Å². The Morgan fingerprint density at radius 3 is 2.54 bits per heavy atom. The van der Waals surface area contributed by atoms with Crippen LogP contribution in [-0.2, 0) is 6.54 Å². The Kier molecular flexibility index (Phi) is 4.65. The van der Waals surface area contributed by atoms with E-state index in [0.717, 1.165) is 19.5 Å². The smallest absolute Gasteiger partial charge is 0.123 e. The summed E-state index contributed by atoms with van der Waals surface area (Å²) in [6, 6.07) is 8.11. The van der Waals surface area contributed by atoms with Crippen LogP contribution in [0.2, 0.25) is 0 Å². The molecule has 2 aromatic rings. The van der Waals surface area contributed by atoms with Crippen LogP contribution in [-0.4, -0.2) is 21.0 Å². The van der Waals surface area contributed by atoms with Gasteiger partial charge in [0, 0.05) is 24.8 Å². The number of benzene rings is 1. The minimum atomic E-state index is -0.152. The molecule has 24 heavy (non-hydrogen) atoms. The maximum absolute atomic E-state index is 13.3. The molecule has 3 nitrogen and oxygen atoms in total. The Labute approximate surface area is 143 Å². The highest BCUT2D eigenvalue weighted by molar-refractivity contribution is 5.21. The Morgan fingerprint density at radius 2 is 1.75 bits per heavy atom. The van der Waals surface area contributed by atoms with Gasteiger partial charge in [0.05, 0.1) is 12.0 Å². The van der Waals surface area contributed by atoms with Crippen LogP contribution in [0, 0.1) is 5.82 Å². The van der Waals surface area contributed by atoms with Gasteiger partial charge in [-0.15, -0.1) is 0 Å². The fourth-order valence-corrected chi connectivity index (χ4v) is 4.42. The molecule has 1 atom stereocenters. The average Bonchev–Trinajstić information content (AvgIpc) is 3.27. The van der Waals surface area contributed by atoms with E-state index in [9.17, 15) is 4.39 Å². The predicted octanol–water partition coefficient (Wildman–Crippen LogP) is 4.86. The molecule has 0 N–H and O–H groups in total. The van der Waals surface area contributed by atoms with Crippen LogP contribution in [0.1, 0.15) is 68.3 Å². The summed E-state index contributed by atoms with van der Waals surface area (Å²) >= 11 is 0. The molecule has 1 saturated carbocycles. The van der Waals surface area contributed by atoms with Gasteiger partial charge in [0.15, 0.2) is 0 Å². The third-order valence-electron chi connectivity index (χ3n) is 5.70. The standard InChI is InChI=1S/C20H26FN3/c21-17-10-8-16(9-11-17)20-7-3-4-12-23(20)14-19-13-22-15-24(19)18-5-1-2-6-18/h8-11,13,15,18,20H,1-7,12,14H2/t20-/m0/s1. The monoisotopic (exact) mass is 327 g/mol. The molecule has 0 amide bonds. The first-order valence-electron chi connectivity index (χ1n) is 9.31. The lowest BCUT2D eigenvalue weighted by atomic mass is 9.95. The van der Waals surface area contributed by atoms with Crippen LogP contribution >= 0.6 is 0 Å². The second-order valence-corrected chi connectivity index (χ2v) is 7.26. The molecule has 4 rings (SSSR count). The fourth-order valence-electron chi connectivity index (χ4n) is 4.42. The Hall–Kier alpha value is -1.68. The van der Waals surface area contributed by atoms with Crippen LogP contribution in [0.3, 0.4) is 0 Å². The van der Waals surface area contributed by atoms with Gasteiger partial charge in [0.25, 0.3) is 0 Å². The molecule has 0 spiro atoms. The molecule has 1 aromatic carbocycles. The lowest BCUT2D eigenvalue weighted by Crippen LogP contribution is -2.33. The second-order valence-electron chi connectivity index (χ2n) is 7.26. The van der Waals surface area contributed by atoms with E-state index >= 15 is 0 Å². The van der Waals surface area contributed by atoms with Gasteiger partial charge in [-0.25, -0.2) is 9.37 Å². The first kappa shape index (κ1) is 15.8. The molecule has 2 fully saturated rings. The number of piperidine rings is 1. The summed E-state index contributed by atoms with van der Waals surface area (Å²) < 4.78 is 15.7. The zero-order chi connectivity index (χ0) is 16.4. The maximum Gasteiger partial charge on any atom is 0.123 e. The fraction of sp³-hybridized carbons (Fsp3) is 0.550. The number of hydrogen-bond acceptors (Lipinski definition) is 2. The average molecular weight is 327 g/mol. The van der Waals surface area contributed by atoms with E-state index in [1.54, 1.807) is 12.1 Å². The Bertz CT molecular complexity index is 658. The molecule has 4 heteroatoms. The van der Waals surface area contributed by atoms with Gasteiger partial charge < -0.3 is 4.57 Å². The van der Waals surface area contributed by atoms with Crippen molar-refractivity contribution in [2.24, 2.45) is 0 Å². The van der Waals surface area contributed by atoms with Gasteiger partial charge >= 0.3 is 0 Å². The predicted molar refractivity (Wildman–Crippen MR) is 93.1 cm³/mol. The normalized spacial score (nSPS) is 23.0. The van der Waals surface area contributed by atoms with Crippen molar-refractivity contribution in [1.29, 1.82) is 0 Å². The lowest BCUT2D eigenvalue weighted by Gasteiger charge is -2.36. The van der Waals surface area contributed by atoms with Gasteiger partial charge in [-0.3, -0.25) is 4.90 Å². The minimum Gasteiger partial charge on any atom is -0.330 e. The van der Waals surface area contributed by atoms with E-state index in [-0.39, 0.29) is 5.82 Å². The highest BCUT2D eigenvalue weighted by Crippen LogP contribution is 2.34. The zero-order valence-electron chi connectivity index (χ0n) is 14.2. The molecule has 2 aliphatic rings. The number of halogens is 1. The van der Waals surface area contributed by atoms with Gasteiger partial charge in [-0.05, 0) is 49.9 Å². The SMILES string of the molecule is Fc1ccc([C@@H]2CCCCN2Cc2cncn2C2CCCC2)cc1. The number of imidazole rings is 1. The molecule has 0 unspecified atom stereocenters. The van der Waals surface area contributed by atoms with Crippen molar-refractivity contribution in [3.63, 3.8) is 0 Å². The molecule has 128 valence electrons. The third kappa shape index (κ3) is 3.25. The summed E-state index contributed by atoms with van der Waals surface area (Å²) in [5.74, 6) is -0.152. The number of hydrogen-bond donors (Lipinski definition) is 0. The minimum absolute atomic E-state index is 0.152. The summed E-state index contributed by atoms with van der Waals surface area (Å²) in [4.78, 5) is 6.98. The summed E-state index contributed by atoms with van der Waals surface area (Å²) in [6.07, 6.45) is 12.9. The highest BCUT2D eigenvalue weighted by Gasteiger charge is 2.26. The van der Waals surface area contributed by atoms with E-state index in [1.165, 1.54) is 49.8 Å². The molecule has 2 heterocycles. The molecule has 0 radical (unpaired) electrons. The van der Waals surface area contributed by atoms with Gasteiger partial charge in [0.2, 0.25) is 0 Å². The van der Waals surface area contributed by atoms with Crippen LogP contribution in [0.15, 0.2) is 36.8 Å². The first-order valence-corrected chi connectivity index (χ1v) is 9.31. The highest BCUT2D eigenvalue weighted by atomic mass is 19.1. The van der Waals surface area contributed by atoms with Gasteiger partial charge in [-0.2, -0.15) is 0 Å². The third-order valence-corrected chi connectivity index (χ3v) is 5.70. The summed E-state index contributed by atoms with van der Waals surface area (Å²) in [7, 11) is 0. The number of aromatic nitrogens is 2. The van der Waals surface area contributed by atoms with Crippen LogP contribution in [0.5, 0.6) is 0 Å². The van der Waals surface area contributed by atoms with Crippen molar-refractivity contribution in [2.45, 2.75) is 63.6 Å². The van der Waals surface area contributed by atoms with E-state index in [2.05, 4.69) is 14.5 Å². The topological polar surface area (TPSA) is 21.1 Å². The molecule has 0 bridgehead atoms. The van der Waals surface area contributed by atoms with Crippen molar-refractivity contribution in [2.75, 3.05) is 6.54 Å². The second kappa shape index (κ2) is 7.06. The largest absolute Gasteiger partial charge is 0.330 e.